The Kier molecular flexibility index (Phi) is 4.90. The first kappa shape index (κ1) is 19.2. The Morgan fingerprint density at radius 1 is 1.44 bits per heavy atom. The van der Waals surface area contributed by atoms with Crippen LogP contribution in [-0.4, -0.2) is 45.5 Å². The maximum absolute atomic E-state index is 12.7. The third-order valence-electron chi connectivity index (χ3n) is 5.16. The molecule has 0 radical (unpaired) electrons. The number of likely N-dealkylation sites (tertiary alicyclic amines) is 1. The van der Waals surface area contributed by atoms with Crippen molar-refractivity contribution in [3.8, 4) is 5.69 Å². The summed E-state index contributed by atoms with van der Waals surface area (Å²) in [5.41, 5.74) is -0.334. The molecule has 1 aliphatic heterocycles. The molecule has 0 saturated carbocycles. The molecule has 27 heavy (non-hydrogen) atoms. The van der Waals surface area contributed by atoms with Crippen LogP contribution in [0.3, 0.4) is 0 Å². The minimum atomic E-state index is -4.46. The number of benzene rings is 1. The first-order valence-corrected chi connectivity index (χ1v) is 8.51. The molecule has 2 aromatic rings. The van der Waals surface area contributed by atoms with E-state index in [0.717, 1.165) is 17.1 Å². The number of carbonyl (C=O) groups is 1. The van der Waals surface area contributed by atoms with E-state index in [1.807, 2.05) is 13.8 Å². The van der Waals surface area contributed by atoms with E-state index in [1.54, 1.807) is 29.2 Å². The van der Waals surface area contributed by atoms with Gasteiger partial charge in [0.15, 0.2) is 0 Å². The molecule has 1 aliphatic rings. The summed E-state index contributed by atoms with van der Waals surface area (Å²) in [4.78, 5) is 14.1. The lowest BCUT2D eigenvalue weighted by Crippen LogP contribution is -2.35. The Morgan fingerprint density at radius 3 is 2.78 bits per heavy atom. The Labute approximate surface area is 154 Å². The molecule has 2 N–H and O–H groups in total. The maximum Gasteiger partial charge on any atom is 0.419 e. The van der Waals surface area contributed by atoms with E-state index in [2.05, 4.69) is 10.4 Å². The van der Waals surface area contributed by atoms with Gasteiger partial charge in [-0.1, -0.05) is 19.9 Å². The van der Waals surface area contributed by atoms with E-state index < -0.39 is 11.7 Å². The quantitative estimate of drug-likeness (QED) is 0.855. The smallest absolute Gasteiger partial charge is 0.396 e. The summed E-state index contributed by atoms with van der Waals surface area (Å²) in [5, 5.41) is 16.1. The van der Waals surface area contributed by atoms with E-state index >= 15 is 0 Å². The van der Waals surface area contributed by atoms with Gasteiger partial charge < -0.3 is 15.3 Å². The number of nitrogens with zero attached hydrogens (tertiary/aromatic N) is 3. The number of alkyl halides is 3. The molecule has 146 valence electrons. The lowest BCUT2D eigenvalue weighted by molar-refractivity contribution is -0.137. The Bertz CT molecular complexity index is 836. The molecule has 2 unspecified atom stereocenters. The number of urea groups is 1. The first-order valence-electron chi connectivity index (χ1n) is 8.51. The molecule has 9 heteroatoms. The summed E-state index contributed by atoms with van der Waals surface area (Å²) in [7, 11) is 0. The summed E-state index contributed by atoms with van der Waals surface area (Å²) in [6, 6.07) is 6.12. The van der Waals surface area contributed by atoms with Crippen LogP contribution in [0.2, 0.25) is 0 Å². The summed E-state index contributed by atoms with van der Waals surface area (Å²) >= 11 is 0. The third-order valence-corrected chi connectivity index (χ3v) is 5.16. The van der Waals surface area contributed by atoms with Gasteiger partial charge in [0.25, 0.3) is 0 Å². The minimum absolute atomic E-state index is 0.00569. The van der Waals surface area contributed by atoms with Gasteiger partial charge in [-0.15, -0.1) is 0 Å². The van der Waals surface area contributed by atoms with Gasteiger partial charge in [0.1, 0.15) is 0 Å². The van der Waals surface area contributed by atoms with Crippen LogP contribution in [0.1, 0.15) is 19.4 Å². The molecule has 2 atom stereocenters. The number of aliphatic hydroxyl groups excluding tert-OH is 1. The highest BCUT2D eigenvalue weighted by Crippen LogP contribution is 2.35. The minimum Gasteiger partial charge on any atom is -0.396 e. The molecule has 0 spiro atoms. The van der Waals surface area contributed by atoms with E-state index in [4.69, 9.17) is 0 Å². The first-order chi connectivity index (χ1) is 12.6. The van der Waals surface area contributed by atoms with Crippen molar-refractivity contribution in [2.24, 2.45) is 11.3 Å². The average Bonchev–Trinajstić information content (AvgIpc) is 3.21. The summed E-state index contributed by atoms with van der Waals surface area (Å²) < 4.78 is 39.3. The number of aliphatic hydroxyl groups is 1. The molecule has 3 rings (SSSR count). The molecular formula is C18H21F3N4O2. The highest BCUT2D eigenvalue weighted by Gasteiger charge is 2.41. The number of carbonyl (C=O) groups excluding carboxylic acids is 1. The van der Waals surface area contributed by atoms with Crippen molar-refractivity contribution in [2.75, 3.05) is 25.0 Å². The molecule has 2 heterocycles. The van der Waals surface area contributed by atoms with Crippen molar-refractivity contribution in [3.63, 3.8) is 0 Å². The highest BCUT2D eigenvalue weighted by atomic mass is 19.4. The predicted octanol–water partition coefficient (Wildman–Crippen LogP) is 3.37. The van der Waals surface area contributed by atoms with Crippen LogP contribution < -0.4 is 5.32 Å². The van der Waals surface area contributed by atoms with Crippen LogP contribution >= 0.6 is 0 Å². The molecule has 6 nitrogen and oxygen atoms in total. The van der Waals surface area contributed by atoms with Crippen molar-refractivity contribution in [1.29, 1.82) is 0 Å². The average molecular weight is 382 g/mol. The second-order valence-corrected chi connectivity index (χ2v) is 7.25. The number of anilines is 1. The van der Waals surface area contributed by atoms with Crippen LogP contribution in [0.15, 0.2) is 36.7 Å². The number of amides is 2. The lowest BCUT2D eigenvalue weighted by Gasteiger charge is -2.25. The monoisotopic (exact) mass is 382 g/mol. The zero-order chi connectivity index (χ0) is 19.8. The van der Waals surface area contributed by atoms with Crippen molar-refractivity contribution >= 4 is 11.7 Å². The number of aromatic nitrogens is 2. The Hall–Kier alpha value is -2.55. The number of halogens is 3. The molecule has 0 aliphatic carbocycles. The number of rotatable bonds is 3. The fourth-order valence-electron chi connectivity index (χ4n) is 3.11. The van der Waals surface area contributed by atoms with E-state index in [9.17, 15) is 23.1 Å². The van der Waals surface area contributed by atoms with Gasteiger partial charge in [0.2, 0.25) is 0 Å². The van der Waals surface area contributed by atoms with Crippen LogP contribution in [0, 0.1) is 11.3 Å². The fourth-order valence-corrected chi connectivity index (χ4v) is 3.11. The number of hydrogen-bond acceptors (Lipinski definition) is 3. The van der Waals surface area contributed by atoms with Gasteiger partial charge in [-0.25, -0.2) is 9.48 Å². The van der Waals surface area contributed by atoms with Crippen LogP contribution in [-0.2, 0) is 6.18 Å². The largest absolute Gasteiger partial charge is 0.419 e. The number of hydrogen-bond donors (Lipinski definition) is 2. The van der Waals surface area contributed by atoms with Gasteiger partial charge >= 0.3 is 12.2 Å². The topological polar surface area (TPSA) is 70.4 Å². The van der Waals surface area contributed by atoms with Crippen molar-refractivity contribution in [3.05, 3.63) is 42.2 Å². The van der Waals surface area contributed by atoms with Gasteiger partial charge in [0, 0.05) is 30.4 Å². The van der Waals surface area contributed by atoms with E-state index in [1.165, 1.54) is 0 Å². The van der Waals surface area contributed by atoms with Crippen LogP contribution in [0.5, 0.6) is 0 Å². The van der Waals surface area contributed by atoms with Gasteiger partial charge in [-0.2, -0.15) is 18.3 Å². The van der Waals surface area contributed by atoms with Crippen molar-refractivity contribution in [2.45, 2.75) is 20.0 Å². The van der Waals surface area contributed by atoms with Crippen molar-refractivity contribution in [1.82, 2.24) is 14.7 Å². The fraction of sp³-hybridized carbons (Fsp3) is 0.444. The summed E-state index contributed by atoms with van der Waals surface area (Å²) in [5.74, 6) is 0.157. The summed E-state index contributed by atoms with van der Waals surface area (Å²) in [6.07, 6.45) is -2.81. The van der Waals surface area contributed by atoms with E-state index in [0.29, 0.717) is 24.5 Å². The lowest BCUT2D eigenvalue weighted by atomic mass is 9.82. The molecule has 1 fully saturated rings. The molecule has 1 aromatic heterocycles. The van der Waals surface area contributed by atoms with Gasteiger partial charge in [0.05, 0.1) is 24.1 Å². The highest BCUT2D eigenvalue weighted by molar-refractivity contribution is 5.89. The standard InChI is InChI=1S/C18H21F3N4O2/c1-12-8-24(10-17(12,2)11-26)16(27)23-14-4-3-5-15(6-14)25-9-13(7-22-25)18(19,20)21/h3-7,9,12,26H,8,10-11H2,1-2H3,(H,23,27). The Morgan fingerprint density at radius 2 is 2.19 bits per heavy atom. The molecular weight excluding hydrogens is 361 g/mol. The second-order valence-electron chi connectivity index (χ2n) is 7.25. The maximum atomic E-state index is 12.7. The molecule has 2 amide bonds. The van der Waals surface area contributed by atoms with E-state index in [-0.39, 0.29) is 24.0 Å². The molecule has 1 saturated heterocycles. The zero-order valence-electron chi connectivity index (χ0n) is 15.0. The van der Waals surface area contributed by atoms with Crippen molar-refractivity contribution < 1.29 is 23.1 Å². The van der Waals surface area contributed by atoms with Crippen LogP contribution in [0.25, 0.3) is 5.69 Å². The SMILES string of the molecule is CC1CN(C(=O)Nc2cccc(-n3cc(C(F)(F)F)cn3)c2)CC1(C)CO. The predicted molar refractivity (Wildman–Crippen MR) is 93.5 cm³/mol. The Balaban J connectivity index is 1.73. The molecule has 1 aromatic carbocycles. The number of nitrogens with one attached hydrogen (secondary N) is 1. The molecule has 0 bridgehead atoms. The zero-order valence-corrected chi connectivity index (χ0v) is 15.0. The normalized spacial score (nSPS) is 22.9. The third kappa shape index (κ3) is 3.92. The summed E-state index contributed by atoms with van der Waals surface area (Å²) in [6.45, 7) is 4.87. The van der Waals surface area contributed by atoms with Gasteiger partial charge in [-0.3, -0.25) is 0 Å². The second kappa shape index (κ2) is 6.88. The van der Waals surface area contributed by atoms with Gasteiger partial charge in [-0.05, 0) is 24.1 Å². The van der Waals surface area contributed by atoms with Crippen LogP contribution in [0.4, 0.5) is 23.7 Å².